The smallest absolute Gasteiger partial charge is 0.290 e. The van der Waals surface area contributed by atoms with Gasteiger partial charge in [0.2, 0.25) is 5.95 Å². The zero-order valence-corrected chi connectivity index (χ0v) is 16.6. The quantitative estimate of drug-likeness (QED) is 0.552. The van der Waals surface area contributed by atoms with Crippen molar-refractivity contribution in [3.8, 4) is 0 Å². The summed E-state index contributed by atoms with van der Waals surface area (Å²) in [5.74, 6) is 0.841. The first kappa shape index (κ1) is 19.4. The lowest BCUT2D eigenvalue weighted by molar-refractivity contribution is -0.115. The van der Waals surface area contributed by atoms with Crippen LogP contribution in [0, 0.1) is 5.92 Å². The van der Waals surface area contributed by atoms with E-state index in [0.717, 1.165) is 57.2 Å². The second-order valence-corrected chi connectivity index (χ2v) is 8.77. The van der Waals surface area contributed by atoms with Gasteiger partial charge in [-0.25, -0.2) is 9.97 Å². The van der Waals surface area contributed by atoms with Crippen molar-refractivity contribution in [1.82, 2.24) is 25.9 Å². The van der Waals surface area contributed by atoms with Crippen LogP contribution in [0.15, 0.2) is 17.2 Å². The van der Waals surface area contributed by atoms with Gasteiger partial charge in [0.1, 0.15) is 0 Å². The van der Waals surface area contributed by atoms with E-state index in [1.165, 1.54) is 12.8 Å². The zero-order valence-electron chi connectivity index (χ0n) is 15.8. The van der Waals surface area contributed by atoms with E-state index < -0.39 is 0 Å². The fraction of sp³-hybridized carbons (Fsp3) is 0.579. The average molecular weight is 403 g/mol. The number of aromatic nitrogens is 2. The summed E-state index contributed by atoms with van der Waals surface area (Å²) in [5, 5.41) is 12.6. The number of thioether (sulfide) groups is 1. The molecule has 0 aliphatic carbocycles. The molecule has 2 atom stereocenters. The highest BCUT2D eigenvalue weighted by Gasteiger charge is 2.35. The van der Waals surface area contributed by atoms with Gasteiger partial charge in [-0.15, -0.1) is 0 Å². The molecule has 1 aromatic heterocycles. The van der Waals surface area contributed by atoms with E-state index in [1.54, 1.807) is 18.3 Å². The monoisotopic (exact) mass is 402 g/mol. The first-order valence-corrected chi connectivity index (χ1v) is 10.7. The molecule has 0 aromatic carbocycles. The Morgan fingerprint density at radius 1 is 1.29 bits per heavy atom. The standard InChI is InChI=1S/C19H26N6O2S/c26-16-15(28-18(27)24-16)9-14-4-8-22-17(23-14)25-19(5-2-7-21-12-19)10-13-3-1-6-20-11-13/h4,8-9,13,20-21H,1-3,5-7,10-12H2,(H,22,23,25)(H,24,26,27)/b15-9-/t13?,19-/m0/s1. The fourth-order valence-electron chi connectivity index (χ4n) is 4.26. The van der Waals surface area contributed by atoms with Crippen molar-refractivity contribution < 1.29 is 9.59 Å². The van der Waals surface area contributed by atoms with Crippen LogP contribution in [0.3, 0.4) is 0 Å². The molecule has 1 aromatic rings. The summed E-state index contributed by atoms with van der Waals surface area (Å²) in [5.41, 5.74) is 0.548. The van der Waals surface area contributed by atoms with Crippen LogP contribution in [0.25, 0.3) is 6.08 Å². The molecule has 0 radical (unpaired) electrons. The molecule has 4 N–H and O–H groups in total. The molecule has 2 amide bonds. The highest BCUT2D eigenvalue weighted by Crippen LogP contribution is 2.31. The van der Waals surface area contributed by atoms with Crippen molar-refractivity contribution >= 4 is 34.9 Å². The van der Waals surface area contributed by atoms with E-state index >= 15 is 0 Å². The van der Waals surface area contributed by atoms with Crippen LogP contribution in [0.1, 0.15) is 37.8 Å². The molecule has 3 saturated heterocycles. The molecule has 1 unspecified atom stereocenters. The average Bonchev–Trinajstić information content (AvgIpc) is 3.00. The molecule has 3 aliphatic rings. The first-order chi connectivity index (χ1) is 13.6. The molecule has 4 rings (SSSR count). The second kappa shape index (κ2) is 8.59. The molecular formula is C19H26N6O2S. The van der Waals surface area contributed by atoms with Crippen LogP contribution in [-0.4, -0.2) is 52.8 Å². The Hall–Kier alpha value is -1.97. The Morgan fingerprint density at radius 2 is 2.18 bits per heavy atom. The van der Waals surface area contributed by atoms with Crippen molar-refractivity contribution in [2.75, 3.05) is 31.5 Å². The molecular weight excluding hydrogens is 376 g/mol. The molecule has 28 heavy (non-hydrogen) atoms. The Morgan fingerprint density at radius 3 is 2.89 bits per heavy atom. The number of imide groups is 1. The molecule has 3 fully saturated rings. The lowest BCUT2D eigenvalue weighted by Crippen LogP contribution is -2.53. The summed E-state index contributed by atoms with van der Waals surface area (Å²) in [4.78, 5) is 32.5. The van der Waals surface area contributed by atoms with Gasteiger partial charge >= 0.3 is 0 Å². The van der Waals surface area contributed by atoms with E-state index in [4.69, 9.17) is 0 Å². The third kappa shape index (κ3) is 4.71. The van der Waals surface area contributed by atoms with Crippen LogP contribution in [0.4, 0.5) is 10.7 Å². The molecule has 0 bridgehead atoms. The van der Waals surface area contributed by atoms with Gasteiger partial charge in [0, 0.05) is 12.7 Å². The number of hydrogen-bond donors (Lipinski definition) is 4. The molecule has 150 valence electrons. The van der Waals surface area contributed by atoms with Crippen LogP contribution < -0.4 is 21.3 Å². The lowest BCUT2D eigenvalue weighted by atomic mass is 9.79. The predicted octanol–water partition coefficient (Wildman–Crippen LogP) is 1.72. The van der Waals surface area contributed by atoms with Crippen molar-refractivity contribution in [2.24, 2.45) is 5.92 Å². The van der Waals surface area contributed by atoms with Gasteiger partial charge in [-0.2, -0.15) is 0 Å². The Labute approximate surface area is 168 Å². The summed E-state index contributed by atoms with van der Waals surface area (Å²) in [6.07, 6.45) is 9.08. The van der Waals surface area contributed by atoms with Gasteiger partial charge in [0.25, 0.3) is 11.1 Å². The molecule has 0 saturated carbocycles. The molecule has 8 nitrogen and oxygen atoms in total. The number of nitrogens with one attached hydrogen (secondary N) is 4. The number of carbonyl (C=O) groups excluding carboxylic acids is 2. The molecule has 3 aliphatic heterocycles. The summed E-state index contributed by atoms with van der Waals surface area (Å²) < 4.78 is 0. The summed E-state index contributed by atoms with van der Waals surface area (Å²) >= 11 is 0.896. The maximum Gasteiger partial charge on any atom is 0.290 e. The normalized spacial score (nSPS) is 29.7. The summed E-state index contributed by atoms with van der Waals surface area (Å²) in [6, 6.07) is 1.74. The van der Waals surface area contributed by atoms with Gasteiger partial charge in [-0.3, -0.25) is 14.9 Å². The van der Waals surface area contributed by atoms with E-state index in [2.05, 4.69) is 31.2 Å². The number of rotatable bonds is 5. The Kier molecular flexibility index (Phi) is 5.93. The minimum atomic E-state index is -0.374. The largest absolute Gasteiger partial charge is 0.347 e. The van der Waals surface area contributed by atoms with Gasteiger partial charge in [-0.1, -0.05) is 0 Å². The van der Waals surface area contributed by atoms with Crippen LogP contribution >= 0.6 is 11.8 Å². The minimum Gasteiger partial charge on any atom is -0.347 e. The van der Waals surface area contributed by atoms with Crippen molar-refractivity contribution in [3.63, 3.8) is 0 Å². The molecule has 4 heterocycles. The van der Waals surface area contributed by atoms with Crippen molar-refractivity contribution in [2.45, 2.75) is 37.6 Å². The fourth-order valence-corrected chi connectivity index (χ4v) is 4.92. The number of amides is 2. The number of anilines is 1. The van der Waals surface area contributed by atoms with E-state index in [1.807, 2.05) is 0 Å². The summed E-state index contributed by atoms with van der Waals surface area (Å²) in [6.45, 7) is 4.12. The van der Waals surface area contributed by atoms with E-state index in [9.17, 15) is 9.59 Å². The van der Waals surface area contributed by atoms with E-state index in [-0.39, 0.29) is 16.7 Å². The third-order valence-corrected chi connectivity index (χ3v) is 6.34. The lowest BCUT2D eigenvalue weighted by Gasteiger charge is -2.41. The van der Waals surface area contributed by atoms with E-state index in [0.29, 0.717) is 22.5 Å². The predicted molar refractivity (Wildman–Crippen MR) is 110 cm³/mol. The number of nitrogens with zero attached hydrogens (tertiary/aromatic N) is 2. The topological polar surface area (TPSA) is 108 Å². The second-order valence-electron chi connectivity index (χ2n) is 7.76. The van der Waals surface area contributed by atoms with Crippen molar-refractivity contribution in [1.29, 1.82) is 0 Å². The number of carbonyl (C=O) groups is 2. The van der Waals surface area contributed by atoms with Crippen molar-refractivity contribution in [3.05, 3.63) is 22.9 Å². The number of hydrogen-bond acceptors (Lipinski definition) is 8. The molecule has 0 spiro atoms. The maximum absolute atomic E-state index is 11.8. The van der Waals surface area contributed by atoms with Gasteiger partial charge in [0.05, 0.1) is 16.1 Å². The molecule has 9 heteroatoms. The number of piperidine rings is 2. The highest BCUT2D eigenvalue weighted by atomic mass is 32.2. The van der Waals surface area contributed by atoms with Crippen LogP contribution in [0.5, 0.6) is 0 Å². The van der Waals surface area contributed by atoms with Crippen LogP contribution in [-0.2, 0) is 4.79 Å². The highest BCUT2D eigenvalue weighted by molar-refractivity contribution is 8.18. The van der Waals surface area contributed by atoms with Gasteiger partial charge in [-0.05, 0) is 81.6 Å². The SMILES string of the molecule is O=C1NC(=O)/C(=C/c2ccnc(N[C@]3(CC4CCCNC4)CCCNC3)n2)S1. The summed E-state index contributed by atoms with van der Waals surface area (Å²) in [7, 11) is 0. The third-order valence-electron chi connectivity index (χ3n) is 5.53. The Bertz CT molecular complexity index is 771. The first-order valence-electron chi connectivity index (χ1n) is 9.89. The van der Waals surface area contributed by atoms with Gasteiger partial charge in [0.15, 0.2) is 0 Å². The minimum absolute atomic E-state index is 0.0663. The maximum atomic E-state index is 11.8. The zero-order chi connectivity index (χ0) is 19.4. The Balaban J connectivity index is 1.51. The van der Waals surface area contributed by atoms with Crippen LogP contribution in [0.2, 0.25) is 0 Å². The van der Waals surface area contributed by atoms with Gasteiger partial charge < -0.3 is 16.0 Å².